The Kier molecular flexibility index (Phi) is 5.00. The number of thiazole rings is 1. The average molecular weight is 366 g/mol. The van der Waals surface area contributed by atoms with Crippen molar-refractivity contribution in [3.05, 3.63) is 64.0 Å². The Labute approximate surface area is 156 Å². The lowest BCUT2D eigenvalue weighted by molar-refractivity contribution is 0.0997. The molecule has 1 aromatic heterocycles. The highest BCUT2D eigenvalue weighted by molar-refractivity contribution is 7.16. The van der Waals surface area contributed by atoms with Gasteiger partial charge in [-0.05, 0) is 61.1 Å². The molecule has 3 aromatic rings. The molecule has 0 radical (unpaired) electrons. The standard InChI is InChI=1S/C21H22N2O2S/c1-25-13-12-23-18-8-4-5-9-19(18)26-21(23)22-20(24)17-11-10-15-6-2-3-7-16(15)14-17/h4-5,8-11,14H,2-3,6-7,12-13H2,1H3. The van der Waals surface area contributed by atoms with Crippen molar-refractivity contribution in [2.45, 2.75) is 32.2 Å². The van der Waals surface area contributed by atoms with Crippen molar-refractivity contribution in [1.82, 2.24) is 4.57 Å². The number of hydrogen-bond donors (Lipinski definition) is 0. The topological polar surface area (TPSA) is 43.6 Å². The van der Waals surface area contributed by atoms with Crippen LogP contribution in [0.1, 0.15) is 34.3 Å². The van der Waals surface area contributed by atoms with Crippen molar-refractivity contribution < 1.29 is 9.53 Å². The van der Waals surface area contributed by atoms with Crippen molar-refractivity contribution in [2.24, 2.45) is 4.99 Å². The molecule has 26 heavy (non-hydrogen) atoms. The number of amides is 1. The molecule has 0 spiro atoms. The summed E-state index contributed by atoms with van der Waals surface area (Å²) in [5.74, 6) is -0.170. The Morgan fingerprint density at radius 1 is 1.15 bits per heavy atom. The molecule has 5 heteroatoms. The summed E-state index contributed by atoms with van der Waals surface area (Å²) in [4.78, 5) is 18.0. The van der Waals surface area contributed by atoms with Gasteiger partial charge in [-0.1, -0.05) is 29.5 Å². The molecule has 1 heterocycles. The van der Waals surface area contributed by atoms with Crippen LogP contribution in [0.2, 0.25) is 0 Å². The maximum Gasteiger partial charge on any atom is 0.279 e. The van der Waals surface area contributed by atoms with E-state index in [1.54, 1.807) is 18.4 Å². The molecule has 0 unspecified atom stereocenters. The van der Waals surface area contributed by atoms with Crippen molar-refractivity contribution >= 4 is 27.5 Å². The van der Waals surface area contributed by atoms with E-state index in [0.29, 0.717) is 18.7 Å². The highest BCUT2D eigenvalue weighted by atomic mass is 32.1. The quantitative estimate of drug-likeness (QED) is 0.701. The number of benzene rings is 2. The van der Waals surface area contributed by atoms with Crippen LogP contribution in [0.15, 0.2) is 47.5 Å². The van der Waals surface area contributed by atoms with E-state index >= 15 is 0 Å². The van der Waals surface area contributed by atoms with Gasteiger partial charge >= 0.3 is 0 Å². The molecule has 134 valence electrons. The lowest BCUT2D eigenvalue weighted by Crippen LogP contribution is -2.19. The first-order chi connectivity index (χ1) is 12.8. The molecule has 0 bridgehead atoms. The Balaban J connectivity index is 1.74. The fourth-order valence-electron chi connectivity index (χ4n) is 3.52. The number of para-hydroxylation sites is 1. The van der Waals surface area contributed by atoms with E-state index in [1.807, 2.05) is 24.3 Å². The van der Waals surface area contributed by atoms with E-state index in [2.05, 4.69) is 27.8 Å². The van der Waals surface area contributed by atoms with Gasteiger partial charge in [-0.2, -0.15) is 4.99 Å². The number of carbonyl (C=O) groups excluding carboxylic acids is 1. The van der Waals surface area contributed by atoms with Crippen LogP contribution in [-0.2, 0) is 24.1 Å². The summed E-state index contributed by atoms with van der Waals surface area (Å²) < 4.78 is 8.42. The molecule has 4 rings (SSSR count). The van der Waals surface area contributed by atoms with E-state index in [4.69, 9.17) is 4.74 Å². The highest BCUT2D eigenvalue weighted by Gasteiger charge is 2.13. The number of aromatic nitrogens is 1. The maximum absolute atomic E-state index is 12.8. The van der Waals surface area contributed by atoms with E-state index in [1.165, 1.54) is 24.0 Å². The largest absolute Gasteiger partial charge is 0.383 e. The predicted molar refractivity (Wildman–Crippen MR) is 105 cm³/mol. The summed E-state index contributed by atoms with van der Waals surface area (Å²) in [5.41, 5.74) is 4.46. The fourth-order valence-corrected chi connectivity index (χ4v) is 4.58. The number of ether oxygens (including phenoxy) is 1. The molecular formula is C21H22N2O2S. The van der Waals surface area contributed by atoms with Gasteiger partial charge in [0.25, 0.3) is 5.91 Å². The number of fused-ring (bicyclic) bond motifs is 2. The summed E-state index contributed by atoms with van der Waals surface area (Å²) in [6, 6.07) is 14.2. The molecular weight excluding hydrogens is 344 g/mol. The third-order valence-corrected chi connectivity index (χ3v) is 5.96. The second-order valence-electron chi connectivity index (χ2n) is 6.60. The molecule has 0 aliphatic heterocycles. The zero-order chi connectivity index (χ0) is 17.9. The monoisotopic (exact) mass is 366 g/mol. The molecule has 0 saturated carbocycles. The van der Waals surface area contributed by atoms with Crippen molar-refractivity contribution in [3.63, 3.8) is 0 Å². The zero-order valence-electron chi connectivity index (χ0n) is 14.9. The normalized spacial score (nSPS) is 14.6. The number of aryl methyl sites for hydroxylation is 2. The van der Waals surface area contributed by atoms with Gasteiger partial charge < -0.3 is 9.30 Å². The first-order valence-electron chi connectivity index (χ1n) is 9.04. The van der Waals surface area contributed by atoms with Crippen LogP contribution in [0.4, 0.5) is 0 Å². The number of methoxy groups -OCH3 is 1. The number of nitrogens with zero attached hydrogens (tertiary/aromatic N) is 2. The van der Waals surface area contributed by atoms with Crippen LogP contribution in [0.3, 0.4) is 0 Å². The van der Waals surface area contributed by atoms with Gasteiger partial charge in [-0.25, -0.2) is 0 Å². The van der Waals surface area contributed by atoms with Gasteiger partial charge in [0.15, 0.2) is 4.80 Å². The maximum atomic E-state index is 12.8. The van der Waals surface area contributed by atoms with Gasteiger partial charge in [0.05, 0.1) is 16.8 Å². The van der Waals surface area contributed by atoms with Crippen LogP contribution in [0, 0.1) is 0 Å². The third-order valence-electron chi connectivity index (χ3n) is 4.90. The molecule has 1 aliphatic rings. The van der Waals surface area contributed by atoms with Gasteiger partial charge in [0.1, 0.15) is 0 Å². The molecule has 2 aromatic carbocycles. The molecule has 0 atom stereocenters. The lowest BCUT2D eigenvalue weighted by Gasteiger charge is -2.15. The number of hydrogen-bond acceptors (Lipinski definition) is 3. The molecule has 1 amide bonds. The van der Waals surface area contributed by atoms with Crippen LogP contribution < -0.4 is 4.80 Å². The summed E-state index contributed by atoms with van der Waals surface area (Å²) in [5, 5.41) is 0. The van der Waals surface area contributed by atoms with Gasteiger partial charge in [-0.3, -0.25) is 4.79 Å². The highest BCUT2D eigenvalue weighted by Crippen LogP contribution is 2.23. The van der Waals surface area contributed by atoms with Crippen molar-refractivity contribution in [3.8, 4) is 0 Å². The first kappa shape index (κ1) is 17.2. The third kappa shape index (κ3) is 3.37. The lowest BCUT2D eigenvalue weighted by atomic mass is 9.90. The minimum Gasteiger partial charge on any atom is -0.383 e. The second kappa shape index (κ2) is 7.56. The summed E-state index contributed by atoms with van der Waals surface area (Å²) in [7, 11) is 1.68. The van der Waals surface area contributed by atoms with Crippen LogP contribution in [0.25, 0.3) is 10.2 Å². The van der Waals surface area contributed by atoms with Crippen molar-refractivity contribution in [1.29, 1.82) is 0 Å². The van der Waals surface area contributed by atoms with Crippen LogP contribution in [-0.4, -0.2) is 24.2 Å². The molecule has 1 aliphatic carbocycles. The summed E-state index contributed by atoms with van der Waals surface area (Å²) >= 11 is 1.55. The van der Waals surface area contributed by atoms with Gasteiger partial charge in [0.2, 0.25) is 0 Å². The zero-order valence-corrected chi connectivity index (χ0v) is 15.7. The summed E-state index contributed by atoms with van der Waals surface area (Å²) in [6.45, 7) is 1.26. The molecule has 0 N–H and O–H groups in total. The smallest absolute Gasteiger partial charge is 0.279 e. The van der Waals surface area contributed by atoms with Gasteiger partial charge in [-0.15, -0.1) is 0 Å². The fraction of sp³-hybridized carbons (Fsp3) is 0.333. The Bertz CT molecular complexity index is 1020. The molecule has 4 nitrogen and oxygen atoms in total. The Morgan fingerprint density at radius 2 is 1.96 bits per heavy atom. The summed E-state index contributed by atoms with van der Waals surface area (Å²) in [6.07, 6.45) is 4.63. The predicted octanol–water partition coefficient (Wildman–Crippen LogP) is 3.97. The average Bonchev–Trinajstić information content (AvgIpc) is 3.02. The molecule has 0 saturated heterocycles. The minimum absolute atomic E-state index is 0.170. The SMILES string of the molecule is COCCn1c(=NC(=O)c2ccc3c(c2)CCCC3)sc2ccccc21. The van der Waals surface area contributed by atoms with Crippen LogP contribution in [0.5, 0.6) is 0 Å². The number of carbonyl (C=O) groups is 1. The Morgan fingerprint density at radius 3 is 2.81 bits per heavy atom. The van der Waals surface area contributed by atoms with Crippen molar-refractivity contribution in [2.75, 3.05) is 13.7 Å². The van der Waals surface area contributed by atoms with Crippen LogP contribution >= 0.6 is 11.3 Å². The second-order valence-corrected chi connectivity index (χ2v) is 7.61. The van der Waals surface area contributed by atoms with Gasteiger partial charge in [0, 0.05) is 19.2 Å². The molecule has 0 fully saturated rings. The van der Waals surface area contributed by atoms with E-state index in [0.717, 1.165) is 27.9 Å². The van der Waals surface area contributed by atoms with E-state index < -0.39 is 0 Å². The Hall–Kier alpha value is -2.24. The van der Waals surface area contributed by atoms with E-state index in [9.17, 15) is 4.79 Å². The minimum atomic E-state index is -0.170. The van der Waals surface area contributed by atoms with E-state index in [-0.39, 0.29) is 5.91 Å². The number of rotatable bonds is 4. The first-order valence-corrected chi connectivity index (χ1v) is 9.86.